The summed E-state index contributed by atoms with van der Waals surface area (Å²) in [6, 6.07) is 14.3. The van der Waals surface area contributed by atoms with E-state index in [1.165, 1.54) is 6.08 Å². The summed E-state index contributed by atoms with van der Waals surface area (Å²) in [4.78, 5) is 30.0. The molecule has 1 unspecified atom stereocenters. The van der Waals surface area contributed by atoms with Crippen molar-refractivity contribution < 1.29 is 4.79 Å². The SMILES string of the molecule is C=CC(=O)NC(c1nc2cc(Cl)ccc2c(=O)n1Cc1ccccc1)C(C)C. The molecule has 1 N–H and O–H groups in total. The monoisotopic (exact) mass is 395 g/mol. The van der Waals surface area contributed by atoms with Crippen molar-refractivity contribution in [3.63, 3.8) is 0 Å². The molecule has 28 heavy (non-hydrogen) atoms. The highest BCUT2D eigenvalue weighted by molar-refractivity contribution is 6.31. The molecule has 0 fully saturated rings. The van der Waals surface area contributed by atoms with Crippen molar-refractivity contribution in [3.05, 3.63) is 88.0 Å². The lowest BCUT2D eigenvalue weighted by molar-refractivity contribution is -0.117. The molecule has 0 radical (unpaired) electrons. The second-order valence-corrected chi connectivity index (χ2v) is 7.38. The Balaban J connectivity index is 2.24. The molecule has 0 aliphatic carbocycles. The van der Waals surface area contributed by atoms with Gasteiger partial charge in [-0.05, 0) is 35.8 Å². The zero-order chi connectivity index (χ0) is 20.3. The van der Waals surface area contributed by atoms with Crippen molar-refractivity contribution >= 4 is 28.4 Å². The largest absolute Gasteiger partial charge is 0.342 e. The fourth-order valence-corrected chi connectivity index (χ4v) is 3.28. The maximum atomic E-state index is 13.3. The molecule has 0 bridgehead atoms. The fraction of sp³-hybridized carbons (Fsp3) is 0.227. The summed E-state index contributed by atoms with van der Waals surface area (Å²) in [5.41, 5.74) is 1.31. The van der Waals surface area contributed by atoms with Crippen molar-refractivity contribution in [1.29, 1.82) is 0 Å². The Morgan fingerprint density at radius 2 is 1.96 bits per heavy atom. The molecule has 1 amide bonds. The summed E-state index contributed by atoms with van der Waals surface area (Å²) in [7, 11) is 0. The fourth-order valence-electron chi connectivity index (χ4n) is 3.11. The van der Waals surface area contributed by atoms with Crippen LogP contribution in [-0.2, 0) is 11.3 Å². The highest BCUT2D eigenvalue weighted by Crippen LogP contribution is 2.23. The number of amides is 1. The van der Waals surface area contributed by atoms with E-state index in [0.717, 1.165) is 5.56 Å². The highest BCUT2D eigenvalue weighted by atomic mass is 35.5. The predicted molar refractivity (Wildman–Crippen MR) is 112 cm³/mol. The van der Waals surface area contributed by atoms with E-state index in [1.54, 1.807) is 22.8 Å². The Labute approximate surface area is 168 Å². The van der Waals surface area contributed by atoms with E-state index in [-0.39, 0.29) is 17.4 Å². The molecule has 0 saturated heterocycles. The van der Waals surface area contributed by atoms with Crippen molar-refractivity contribution in [1.82, 2.24) is 14.9 Å². The van der Waals surface area contributed by atoms with Gasteiger partial charge in [0.2, 0.25) is 5.91 Å². The van der Waals surface area contributed by atoms with Crippen LogP contribution in [0.25, 0.3) is 10.9 Å². The lowest BCUT2D eigenvalue weighted by Crippen LogP contribution is -2.37. The number of nitrogens with one attached hydrogen (secondary N) is 1. The van der Waals surface area contributed by atoms with Crippen LogP contribution in [0, 0.1) is 5.92 Å². The van der Waals surface area contributed by atoms with Gasteiger partial charge in [0.25, 0.3) is 5.56 Å². The van der Waals surface area contributed by atoms with E-state index in [1.807, 2.05) is 44.2 Å². The average molecular weight is 396 g/mol. The van der Waals surface area contributed by atoms with Crippen molar-refractivity contribution in [2.75, 3.05) is 0 Å². The minimum absolute atomic E-state index is 0.00876. The number of hydrogen-bond acceptors (Lipinski definition) is 3. The maximum Gasteiger partial charge on any atom is 0.261 e. The molecule has 1 atom stereocenters. The average Bonchev–Trinajstić information content (AvgIpc) is 2.68. The minimum atomic E-state index is -0.453. The number of halogens is 1. The van der Waals surface area contributed by atoms with E-state index in [0.29, 0.717) is 28.3 Å². The van der Waals surface area contributed by atoms with Gasteiger partial charge in [0.15, 0.2) is 0 Å². The van der Waals surface area contributed by atoms with Crippen LogP contribution in [-0.4, -0.2) is 15.5 Å². The summed E-state index contributed by atoms with van der Waals surface area (Å²) in [6.45, 7) is 7.81. The van der Waals surface area contributed by atoms with Crippen LogP contribution in [0.1, 0.15) is 31.3 Å². The molecule has 144 valence electrons. The predicted octanol–water partition coefficient (Wildman–Crippen LogP) is 4.10. The molecule has 5 nitrogen and oxygen atoms in total. The zero-order valence-corrected chi connectivity index (χ0v) is 16.6. The van der Waals surface area contributed by atoms with E-state index in [2.05, 4.69) is 11.9 Å². The number of rotatable bonds is 6. The van der Waals surface area contributed by atoms with Gasteiger partial charge < -0.3 is 5.32 Å². The van der Waals surface area contributed by atoms with E-state index in [9.17, 15) is 9.59 Å². The third kappa shape index (κ3) is 4.15. The Morgan fingerprint density at radius 1 is 1.25 bits per heavy atom. The van der Waals surface area contributed by atoms with Gasteiger partial charge in [0.05, 0.1) is 23.5 Å². The van der Waals surface area contributed by atoms with Crippen LogP contribution >= 0.6 is 11.6 Å². The number of fused-ring (bicyclic) bond motifs is 1. The molecule has 0 aliphatic rings. The number of nitrogens with zero attached hydrogens (tertiary/aromatic N) is 2. The number of carbonyl (C=O) groups is 1. The minimum Gasteiger partial charge on any atom is -0.342 e. The van der Waals surface area contributed by atoms with E-state index >= 15 is 0 Å². The highest BCUT2D eigenvalue weighted by Gasteiger charge is 2.24. The van der Waals surface area contributed by atoms with Gasteiger partial charge in [-0.25, -0.2) is 4.98 Å². The van der Waals surface area contributed by atoms with Crippen molar-refractivity contribution in [2.24, 2.45) is 5.92 Å². The van der Waals surface area contributed by atoms with Crippen molar-refractivity contribution in [3.8, 4) is 0 Å². The Kier molecular flexibility index (Phi) is 5.95. The molecule has 3 rings (SSSR count). The summed E-state index contributed by atoms with van der Waals surface area (Å²) in [6.07, 6.45) is 1.22. The molecule has 0 spiro atoms. The van der Waals surface area contributed by atoms with Crippen molar-refractivity contribution in [2.45, 2.75) is 26.4 Å². The van der Waals surface area contributed by atoms with Crippen LogP contribution in [0.5, 0.6) is 0 Å². The van der Waals surface area contributed by atoms with E-state index in [4.69, 9.17) is 16.6 Å². The number of benzene rings is 2. The van der Waals surface area contributed by atoms with Gasteiger partial charge in [-0.15, -0.1) is 0 Å². The first-order chi connectivity index (χ1) is 13.4. The topological polar surface area (TPSA) is 64.0 Å². The normalized spacial score (nSPS) is 12.1. The quantitative estimate of drug-likeness (QED) is 0.639. The molecule has 1 aromatic heterocycles. The van der Waals surface area contributed by atoms with Gasteiger partial charge in [0.1, 0.15) is 5.82 Å². The Hall–Kier alpha value is -2.92. The second-order valence-electron chi connectivity index (χ2n) is 6.94. The van der Waals surface area contributed by atoms with Crippen LogP contribution in [0.3, 0.4) is 0 Å². The molecule has 2 aromatic carbocycles. The van der Waals surface area contributed by atoms with Crippen LogP contribution in [0.15, 0.2) is 66.0 Å². The molecule has 6 heteroatoms. The lowest BCUT2D eigenvalue weighted by atomic mass is 10.0. The number of carbonyl (C=O) groups excluding carboxylic acids is 1. The molecule has 3 aromatic rings. The lowest BCUT2D eigenvalue weighted by Gasteiger charge is -2.25. The van der Waals surface area contributed by atoms with Gasteiger partial charge in [0, 0.05) is 5.02 Å². The number of aromatic nitrogens is 2. The first kappa shape index (κ1) is 19.8. The van der Waals surface area contributed by atoms with Gasteiger partial charge in [-0.2, -0.15) is 0 Å². The Bertz CT molecular complexity index is 1070. The zero-order valence-electron chi connectivity index (χ0n) is 15.9. The molecule has 0 saturated carbocycles. The smallest absolute Gasteiger partial charge is 0.261 e. The maximum absolute atomic E-state index is 13.3. The van der Waals surface area contributed by atoms with Crippen LogP contribution < -0.4 is 10.9 Å². The first-order valence-electron chi connectivity index (χ1n) is 9.07. The van der Waals surface area contributed by atoms with E-state index < -0.39 is 6.04 Å². The Morgan fingerprint density at radius 3 is 2.61 bits per heavy atom. The first-order valence-corrected chi connectivity index (χ1v) is 9.45. The third-order valence-electron chi connectivity index (χ3n) is 4.56. The molecule has 0 aliphatic heterocycles. The molecular weight excluding hydrogens is 374 g/mol. The standard InChI is InChI=1S/C22H22ClN3O2/c1-4-19(27)25-20(14(2)3)21-24-18-12-16(23)10-11-17(18)22(28)26(21)13-15-8-6-5-7-9-15/h4-12,14,20H,1,13H2,2-3H3,(H,25,27). The van der Waals surface area contributed by atoms with Crippen LogP contribution in [0.4, 0.5) is 0 Å². The van der Waals surface area contributed by atoms with Crippen LogP contribution in [0.2, 0.25) is 5.02 Å². The van der Waals surface area contributed by atoms with Gasteiger partial charge in [-0.3, -0.25) is 14.2 Å². The second kappa shape index (κ2) is 8.40. The van der Waals surface area contributed by atoms with Gasteiger partial charge >= 0.3 is 0 Å². The third-order valence-corrected chi connectivity index (χ3v) is 4.79. The summed E-state index contributed by atoms with van der Waals surface area (Å²) >= 11 is 6.11. The van der Waals surface area contributed by atoms with Gasteiger partial charge in [-0.1, -0.05) is 62.4 Å². The molecular formula is C22H22ClN3O2. The summed E-state index contributed by atoms with van der Waals surface area (Å²) < 4.78 is 1.62. The summed E-state index contributed by atoms with van der Waals surface area (Å²) in [5.74, 6) is 0.189. The summed E-state index contributed by atoms with van der Waals surface area (Å²) in [5, 5.41) is 3.89. The number of hydrogen-bond donors (Lipinski definition) is 1. The molecule has 1 heterocycles.